The van der Waals surface area contributed by atoms with Crippen LogP contribution < -0.4 is 10.2 Å². The van der Waals surface area contributed by atoms with E-state index in [1.165, 1.54) is 22.3 Å². The van der Waals surface area contributed by atoms with Gasteiger partial charge in [-0.15, -0.1) is 0 Å². The fourth-order valence-corrected chi connectivity index (χ4v) is 3.61. The number of para-hydroxylation sites is 2. The van der Waals surface area contributed by atoms with Gasteiger partial charge in [-0.3, -0.25) is 0 Å². The minimum absolute atomic E-state index is 0.564. The number of rotatable bonds is 10. The summed E-state index contributed by atoms with van der Waals surface area (Å²) in [6.45, 7) is 9.13. The molecule has 0 saturated heterocycles. The van der Waals surface area contributed by atoms with E-state index in [0.717, 1.165) is 44.7 Å². The number of hydrogen-bond donors (Lipinski definition) is 1. The first-order valence-electron chi connectivity index (χ1n) is 10.2. The van der Waals surface area contributed by atoms with E-state index in [2.05, 4.69) is 76.1 Å². The van der Waals surface area contributed by atoms with Crippen LogP contribution in [0.1, 0.15) is 30.9 Å². The first-order chi connectivity index (χ1) is 13.7. The number of fused-ring (bicyclic) bond motifs is 1. The lowest BCUT2D eigenvalue weighted by Gasteiger charge is -2.22. The van der Waals surface area contributed by atoms with Crippen molar-refractivity contribution >= 4 is 16.7 Å². The maximum atomic E-state index is 8.82. The van der Waals surface area contributed by atoms with Crippen molar-refractivity contribution in [3.63, 3.8) is 0 Å². The number of anilines is 1. The third-order valence-corrected chi connectivity index (χ3v) is 5.27. The molecule has 1 heterocycles. The number of quaternary nitrogens is 1. The van der Waals surface area contributed by atoms with Crippen LogP contribution in [0.25, 0.3) is 11.0 Å². The van der Waals surface area contributed by atoms with E-state index in [4.69, 9.17) is 5.26 Å². The van der Waals surface area contributed by atoms with Crippen molar-refractivity contribution < 1.29 is 5.32 Å². The van der Waals surface area contributed by atoms with Gasteiger partial charge in [-0.05, 0) is 43.7 Å². The lowest BCUT2D eigenvalue weighted by Crippen LogP contribution is -2.82. The Morgan fingerprint density at radius 3 is 2.86 bits per heavy atom. The molecule has 3 aromatic rings. The van der Waals surface area contributed by atoms with Gasteiger partial charge in [0.25, 0.3) is 0 Å². The monoisotopic (exact) mass is 376 g/mol. The molecule has 2 N–H and O–H groups in total. The van der Waals surface area contributed by atoms with Crippen LogP contribution in [0.5, 0.6) is 0 Å². The van der Waals surface area contributed by atoms with E-state index in [9.17, 15) is 0 Å². The van der Waals surface area contributed by atoms with Crippen molar-refractivity contribution in [2.45, 2.75) is 39.8 Å². The first-order valence-corrected chi connectivity index (χ1v) is 10.2. The predicted octanol–water partition coefficient (Wildman–Crippen LogP) is 3.24. The normalized spacial score (nSPS) is 10.9. The van der Waals surface area contributed by atoms with Crippen molar-refractivity contribution in [2.75, 3.05) is 24.5 Å². The van der Waals surface area contributed by atoms with Crippen LogP contribution in [0.4, 0.5) is 5.69 Å². The highest BCUT2D eigenvalue weighted by Gasteiger charge is 2.08. The number of nitriles is 1. The molecule has 1 aromatic heterocycles. The zero-order valence-corrected chi connectivity index (χ0v) is 16.9. The topological polar surface area (TPSA) is 61.5 Å². The Bertz CT molecular complexity index is 938. The summed E-state index contributed by atoms with van der Waals surface area (Å²) in [6.07, 6.45) is 3.63. The SMILES string of the molecule is CCN(CCC#N)c1ccc(C[NH2+]CCCn2cnc3ccccc32)c(C)c1. The highest BCUT2D eigenvalue weighted by molar-refractivity contribution is 5.74. The third kappa shape index (κ3) is 4.90. The standard InChI is InChI=1S/C23H29N5/c1-3-27(14-6-12-24)21-11-10-20(19(2)16-21)17-25-13-7-15-28-18-26-22-8-4-5-9-23(22)28/h4-5,8-11,16,18,25H,3,6-7,13-15,17H2,1-2H3/p+1. The van der Waals surface area contributed by atoms with Gasteiger partial charge in [-0.2, -0.15) is 5.26 Å². The second kappa shape index (κ2) is 9.91. The molecule has 5 nitrogen and oxygen atoms in total. The molecular formula is C23H30N5+. The minimum Gasteiger partial charge on any atom is -0.371 e. The van der Waals surface area contributed by atoms with Crippen LogP contribution in [0.15, 0.2) is 48.8 Å². The molecule has 0 fully saturated rings. The molecule has 0 saturated carbocycles. The Hall–Kier alpha value is -2.84. The molecule has 0 radical (unpaired) electrons. The van der Waals surface area contributed by atoms with E-state index in [0.29, 0.717) is 6.42 Å². The molecule has 146 valence electrons. The zero-order valence-electron chi connectivity index (χ0n) is 16.9. The molecule has 3 rings (SSSR count). The van der Waals surface area contributed by atoms with E-state index in [-0.39, 0.29) is 0 Å². The average Bonchev–Trinajstić information content (AvgIpc) is 3.13. The Morgan fingerprint density at radius 2 is 2.07 bits per heavy atom. The summed E-state index contributed by atoms with van der Waals surface area (Å²) in [6, 6.07) is 17.2. The maximum absolute atomic E-state index is 8.82. The number of nitrogens with zero attached hydrogens (tertiary/aromatic N) is 4. The van der Waals surface area contributed by atoms with Gasteiger partial charge in [0.05, 0.1) is 36.4 Å². The van der Waals surface area contributed by atoms with Gasteiger partial charge in [-0.1, -0.05) is 18.2 Å². The Balaban J connectivity index is 1.47. The molecule has 0 spiro atoms. The second-order valence-corrected chi connectivity index (χ2v) is 7.16. The summed E-state index contributed by atoms with van der Waals surface area (Å²) >= 11 is 0. The number of benzene rings is 2. The van der Waals surface area contributed by atoms with Crippen molar-refractivity contribution in [3.05, 3.63) is 59.9 Å². The highest BCUT2D eigenvalue weighted by Crippen LogP contribution is 2.19. The van der Waals surface area contributed by atoms with E-state index in [1.807, 2.05) is 12.4 Å². The first kappa shape index (κ1) is 19.9. The van der Waals surface area contributed by atoms with Gasteiger partial charge >= 0.3 is 0 Å². The van der Waals surface area contributed by atoms with E-state index >= 15 is 0 Å². The molecule has 0 unspecified atom stereocenters. The molecule has 0 aliphatic heterocycles. The van der Waals surface area contributed by atoms with Crippen molar-refractivity contribution in [1.82, 2.24) is 9.55 Å². The third-order valence-electron chi connectivity index (χ3n) is 5.27. The number of aryl methyl sites for hydroxylation is 2. The lowest BCUT2D eigenvalue weighted by molar-refractivity contribution is -0.671. The quantitative estimate of drug-likeness (QED) is 0.553. The van der Waals surface area contributed by atoms with Crippen LogP contribution in [-0.2, 0) is 13.1 Å². The Labute approximate surface area is 167 Å². The largest absolute Gasteiger partial charge is 0.371 e. The molecule has 0 bridgehead atoms. The smallest absolute Gasteiger partial charge is 0.101 e. The summed E-state index contributed by atoms with van der Waals surface area (Å²) in [4.78, 5) is 6.72. The average molecular weight is 377 g/mol. The molecule has 5 heteroatoms. The number of nitrogens with two attached hydrogens (primary N) is 1. The van der Waals surface area contributed by atoms with Gasteiger partial charge in [-0.25, -0.2) is 4.98 Å². The Morgan fingerprint density at radius 1 is 1.21 bits per heavy atom. The summed E-state index contributed by atoms with van der Waals surface area (Å²) < 4.78 is 2.24. The molecule has 0 aliphatic carbocycles. The van der Waals surface area contributed by atoms with Crippen molar-refractivity contribution in [3.8, 4) is 6.07 Å². The number of imidazole rings is 1. The van der Waals surface area contributed by atoms with Crippen LogP contribution in [0.2, 0.25) is 0 Å². The molecule has 2 aromatic carbocycles. The summed E-state index contributed by atoms with van der Waals surface area (Å²) in [5, 5.41) is 11.2. The van der Waals surface area contributed by atoms with E-state index in [1.54, 1.807) is 0 Å². The van der Waals surface area contributed by atoms with Gasteiger partial charge < -0.3 is 14.8 Å². The van der Waals surface area contributed by atoms with Crippen LogP contribution in [0, 0.1) is 18.3 Å². The van der Waals surface area contributed by atoms with Crippen LogP contribution in [-0.4, -0.2) is 29.2 Å². The van der Waals surface area contributed by atoms with Gasteiger partial charge in [0, 0.05) is 37.3 Å². The fraction of sp³-hybridized carbons (Fsp3) is 0.391. The van der Waals surface area contributed by atoms with Crippen LogP contribution >= 0.6 is 0 Å². The minimum atomic E-state index is 0.564. The molecular weight excluding hydrogens is 346 g/mol. The highest BCUT2D eigenvalue weighted by atomic mass is 15.1. The summed E-state index contributed by atoms with van der Waals surface area (Å²) in [7, 11) is 0. The zero-order chi connectivity index (χ0) is 19.8. The van der Waals surface area contributed by atoms with Crippen molar-refractivity contribution in [2.24, 2.45) is 0 Å². The maximum Gasteiger partial charge on any atom is 0.101 e. The Kier molecular flexibility index (Phi) is 7.05. The molecule has 28 heavy (non-hydrogen) atoms. The number of hydrogen-bond acceptors (Lipinski definition) is 3. The summed E-state index contributed by atoms with van der Waals surface area (Å²) in [5.74, 6) is 0. The summed E-state index contributed by atoms with van der Waals surface area (Å²) in [5.41, 5.74) is 6.20. The predicted molar refractivity (Wildman–Crippen MR) is 114 cm³/mol. The molecule has 0 amide bonds. The second-order valence-electron chi connectivity index (χ2n) is 7.16. The van der Waals surface area contributed by atoms with Gasteiger partial charge in [0.2, 0.25) is 0 Å². The lowest BCUT2D eigenvalue weighted by atomic mass is 10.1. The van der Waals surface area contributed by atoms with Crippen LogP contribution in [0.3, 0.4) is 0 Å². The fourth-order valence-electron chi connectivity index (χ4n) is 3.61. The molecule has 0 aliphatic rings. The molecule has 0 atom stereocenters. The van der Waals surface area contributed by atoms with Gasteiger partial charge in [0.15, 0.2) is 0 Å². The van der Waals surface area contributed by atoms with Gasteiger partial charge in [0.1, 0.15) is 6.54 Å². The number of aromatic nitrogens is 2. The van der Waals surface area contributed by atoms with Crippen molar-refractivity contribution in [1.29, 1.82) is 5.26 Å². The van der Waals surface area contributed by atoms with E-state index < -0.39 is 0 Å².